The average molecular weight is 409 g/mol. The lowest BCUT2D eigenvalue weighted by Gasteiger charge is -2.19. The third-order valence-corrected chi connectivity index (χ3v) is 4.97. The van der Waals surface area contributed by atoms with E-state index in [1.165, 1.54) is 5.56 Å². The summed E-state index contributed by atoms with van der Waals surface area (Å²) in [7, 11) is 0. The molecule has 0 saturated carbocycles. The summed E-state index contributed by atoms with van der Waals surface area (Å²) in [5.41, 5.74) is 2.11. The number of hydrogen-bond donors (Lipinski definition) is 0. The number of hydrogen-bond acceptors (Lipinski definition) is 5. The topological polar surface area (TPSA) is 72.9 Å². The first-order chi connectivity index (χ1) is 14.3. The molecule has 6 heteroatoms. The number of benzene rings is 2. The van der Waals surface area contributed by atoms with Crippen molar-refractivity contribution in [2.75, 3.05) is 19.8 Å². The Morgan fingerprint density at radius 3 is 2.07 bits per heavy atom. The molecule has 0 aliphatic carbocycles. The van der Waals surface area contributed by atoms with Crippen LogP contribution in [0.25, 0.3) is 0 Å². The van der Waals surface area contributed by atoms with Gasteiger partial charge in [-0.05, 0) is 41.7 Å². The second-order valence-electron chi connectivity index (χ2n) is 8.25. The monoisotopic (exact) mass is 409 g/mol. The molecule has 2 aromatic carbocycles. The minimum atomic E-state index is -0.377. The van der Waals surface area contributed by atoms with E-state index in [4.69, 9.17) is 9.47 Å². The number of rotatable bonds is 8. The highest BCUT2D eigenvalue weighted by molar-refractivity contribution is 6.21. The maximum absolute atomic E-state index is 12.3. The predicted octanol–water partition coefficient (Wildman–Crippen LogP) is 3.98. The zero-order valence-corrected chi connectivity index (χ0v) is 17.6. The number of esters is 1. The van der Waals surface area contributed by atoms with Crippen LogP contribution in [-0.2, 0) is 14.9 Å². The van der Waals surface area contributed by atoms with Crippen LogP contribution in [-0.4, -0.2) is 42.4 Å². The van der Waals surface area contributed by atoms with Crippen molar-refractivity contribution >= 4 is 17.8 Å². The van der Waals surface area contributed by atoms with E-state index in [1.807, 2.05) is 24.3 Å². The molecule has 6 nitrogen and oxygen atoms in total. The maximum Gasteiger partial charge on any atom is 0.305 e. The van der Waals surface area contributed by atoms with Crippen LogP contribution in [0.1, 0.15) is 59.9 Å². The third-order valence-electron chi connectivity index (χ3n) is 4.97. The number of carbonyl (C=O) groups is 3. The highest BCUT2D eigenvalue weighted by Gasteiger charge is 2.34. The Kier molecular flexibility index (Phi) is 6.55. The minimum Gasteiger partial charge on any atom is -0.494 e. The standard InChI is InChI=1S/C24H27NO5/c1-24(2,3)17-10-12-18(13-11-17)29-15-6-9-21(26)30-16-14-25-22(27)19-7-4-5-8-20(19)23(25)28/h4-5,7-8,10-13H,6,9,14-16H2,1-3H3. The molecule has 0 radical (unpaired) electrons. The van der Waals surface area contributed by atoms with Crippen LogP contribution in [0.4, 0.5) is 0 Å². The molecule has 0 fully saturated rings. The summed E-state index contributed by atoms with van der Waals surface area (Å²) in [4.78, 5) is 37.5. The molecular formula is C24H27NO5. The second-order valence-corrected chi connectivity index (χ2v) is 8.25. The number of imide groups is 1. The number of carbonyl (C=O) groups excluding carboxylic acids is 3. The van der Waals surface area contributed by atoms with E-state index in [0.29, 0.717) is 24.2 Å². The van der Waals surface area contributed by atoms with Crippen molar-refractivity contribution in [3.8, 4) is 5.75 Å². The van der Waals surface area contributed by atoms with E-state index in [-0.39, 0.29) is 42.8 Å². The lowest BCUT2D eigenvalue weighted by Crippen LogP contribution is -2.33. The number of nitrogens with zero attached hydrogens (tertiary/aromatic N) is 1. The summed E-state index contributed by atoms with van der Waals surface area (Å²) < 4.78 is 10.8. The molecule has 0 spiro atoms. The van der Waals surface area contributed by atoms with Gasteiger partial charge in [-0.3, -0.25) is 19.3 Å². The number of fused-ring (bicyclic) bond motifs is 1. The molecule has 30 heavy (non-hydrogen) atoms. The molecule has 1 aliphatic heterocycles. The molecular weight excluding hydrogens is 382 g/mol. The van der Waals surface area contributed by atoms with Gasteiger partial charge in [0.25, 0.3) is 11.8 Å². The Balaban J connectivity index is 1.34. The molecule has 1 heterocycles. The Morgan fingerprint density at radius 2 is 1.50 bits per heavy atom. The Bertz CT molecular complexity index is 892. The van der Waals surface area contributed by atoms with Gasteiger partial charge in [0, 0.05) is 6.42 Å². The molecule has 3 rings (SSSR count). The van der Waals surface area contributed by atoms with Crippen LogP contribution in [0.5, 0.6) is 5.75 Å². The summed E-state index contributed by atoms with van der Waals surface area (Å²) in [5.74, 6) is -0.310. The summed E-state index contributed by atoms with van der Waals surface area (Å²) in [6.45, 7) is 6.91. The van der Waals surface area contributed by atoms with Crippen LogP contribution in [0.15, 0.2) is 48.5 Å². The summed E-state index contributed by atoms with van der Waals surface area (Å²) in [6, 6.07) is 14.6. The highest BCUT2D eigenvalue weighted by atomic mass is 16.5. The quantitative estimate of drug-likeness (QED) is 0.375. The van der Waals surface area contributed by atoms with Gasteiger partial charge in [0.15, 0.2) is 0 Å². The summed E-state index contributed by atoms with van der Waals surface area (Å²) in [6.07, 6.45) is 0.731. The molecule has 0 unspecified atom stereocenters. The molecule has 0 N–H and O–H groups in total. The maximum atomic E-state index is 12.3. The Morgan fingerprint density at radius 1 is 0.900 bits per heavy atom. The summed E-state index contributed by atoms with van der Waals surface area (Å²) in [5, 5.41) is 0. The fourth-order valence-corrected chi connectivity index (χ4v) is 3.22. The van der Waals surface area contributed by atoms with Gasteiger partial charge in [-0.1, -0.05) is 45.0 Å². The van der Waals surface area contributed by atoms with Gasteiger partial charge in [0.05, 0.1) is 24.3 Å². The SMILES string of the molecule is CC(C)(C)c1ccc(OCCCC(=O)OCCN2C(=O)c3ccccc3C2=O)cc1. The van der Waals surface area contributed by atoms with Crippen molar-refractivity contribution in [1.29, 1.82) is 0 Å². The highest BCUT2D eigenvalue weighted by Crippen LogP contribution is 2.24. The van der Waals surface area contributed by atoms with E-state index < -0.39 is 0 Å². The van der Waals surface area contributed by atoms with Crippen LogP contribution in [0.2, 0.25) is 0 Å². The van der Waals surface area contributed by atoms with Crippen molar-refractivity contribution in [1.82, 2.24) is 4.90 Å². The normalized spacial score (nSPS) is 13.4. The molecule has 0 bridgehead atoms. The van der Waals surface area contributed by atoms with Crippen LogP contribution in [0, 0.1) is 0 Å². The first-order valence-corrected chi connectivity index (χ1v) is 10.1. The third kappa shape index (κ3) is 5.06. The van der Waals surface area contributed by atoms with E-state index in [0.717, 1.165) is 10.6 Å². The zero-order valence-electron chi connectivity index (χ0n) is 17.6. The second kappa shape index (κ2) is 9.11. The van der Waals surface area contributed by atoms with Crippen molar-refractivity contribution in [3.63, 3.8) is 0 Å². The van der Waals surface area contributed by atoms with Crippen LogP contribution in [0.3, 0.4) is 0 Å². The van der Waals surface area contributed by atoms with E-state index in [1.54, 1.807) is 24.3 Å². The van der Waals surface area contributed by atoms with Gasteiger partial charge in [0.1, 0.15) is 12.4 Å². The van der Waals surface area contributed by atoms with Gasteiger partial charge in [-0.2, -0.15) is 0 Å². The van der Waals surface area contributed by atoms with Gasteiger partial charge < -0.3 is 9.47 Å². The number of ether oxygens (including phenoxy) is 2. The smallest absolute Gasteiger partial charge is 0.305 e. The molecule has 1 aliphatic rings. The summed E-state index contributed by atoms with van der Waals surface area (Å²) >= 11 is 0. The van der Waals surface area contributed by atoms with Crippen molar-refractivity contribution in [3.05, 3.63) is 65.2 Å². The van der Waals surface area contributed by atoms with Crippen LogP contribution < -0.4 is 4.74 Å². The van der Waals surface area contributed by atoms with E-state index >= 15 is 0 Å². The Labute approximate surface area is 176 Å². The zero-order chi connectivity index (χ0) is 21.7. The predicted molar refractivity (Wildman–Crippen MR) is 113 cm³/mol. The molecule has 0 atom stereocenters. The fraction of sp³-hybridized carbons (Fsp3) is 0.375. The van der Waals surface area contributed by atoms with Crippen molar-refractivity contribution in [2.24, 2.45) is 0 Å². The molecule has 2 aromatic rings. The van der Waals surface area contributed by atoms with Gasteiger partial charge in [0.2, 0.25) is 0 Å². The average Bonchev–Trinajstić information content (AvgIpc) is 2.96. The lowest BCUT2D eigenvalue weighted by molar-refractivity contribution is -0.144. The van der Waals surface area contributed by atoms with Crippen LogP contribution >= 0.6 is 0 Å². The van der Waals surface area contributed by atoms with Gasteiger partial charge in [-0.25, -0.2) is 0 Å². The largest absolute Gasteiger partial charge is 0.494 e. The molecule has 0 aromatic heterocycles. The lowest BCUT2D eigenvalue weighted by atomic mass is 9.87. The fourth-order valence-electron chi connectivity index (χ4n) is 3.22. The minimum absolute atomic E-state index is 0.0145. The van der Waals surface area contributed by atoms with Crippen molar-refractivity contribution < 1.29 is 23.9 Å². The molecule has 0 saturated heterocycles. The first kappa shape index (κ1) is 21.6. The van der Waals surface area contributed by atoms with Crippen molar-refractivity contribution in [2.45, 2.75) is 39.0 Å². The number of amides is 2. The van der Waals surface area contributed by atoms with Gasteiger partial charge in [-0.15, -0.1) is 0 Å². The first-order valence-electron chi connectivity index (χ1n) is 10.1. The van der Waals surface area contributed by atoms with Gasteiger partial charge >= 0.3 is 5.97 Å². The molecule has 2 amide bonds. The Hall–Kier alpha value is -3.15. The molecule has 158 valence electrons. The van der Waals surface area contributed by atoms with E-state index in [2.05, 4.69) is 20.8 Å². The van der Waals surface area contributed by atoms with E-state index in [9.17, 15) is 14.4 Å².